The third-order valence-electron chi connectivity index (χ3n) is 3.51. The summed E-state index contributed by atoms with van der Waals surface area (Å²) in [6.45, 7) is 7.37. The molecule has 2 rings (SSSR count). The van der Waals surface area contributed by atoms with Crippen molar-refractivity contribution in [2.24, 2.45) is 0 Å². The Morgan fingerprint density at radius 1 is 1.09 bits per heavy atom. The highest BCUT2D eigenvalue weighted by Gasteiger charge is 2.26. The maximum atomic E-state index is 13.3. The van der Waals surface area contributed by atoms with Crippen molar-refractivity contribution in [2.45, 2.75) is 32.8 Å². The number of rotatable bonds is 1. The molecule has 0 spiro atoms. The first-order valence-corrected chi connectivity index (χ1v) is 7.79. The van der Waals surface area contributed by atoms with Gasteiger partial charge in [-0.05, 0) is 45.4 Å². The fourth-order valence-electron chi connectivity index (χ4n) is 2.43. The molecule has 5 nitrogen and oxygen atoms in total. The molecule has 1 heterocycles. The van der Waals surface area contributed by atoms with Crippen LogP contribution in [-0.4, -0.2) is 53.6 Å². The summed E-state index contributed by atoms with van der Waals surface area (Å²) >= 11 is 0. The standard InChI is InChI=1S/C17H23FN2O3/c1-17(2,3)23-16(22)20-9-5-8-19(10-11-20)15(21)13-6-4-7-14(18)12-13/h4,6-7,12H,5,8-11H2,1-3H3. The van der Waals surface area contributed by atoms with Crippen LogP contribution in [0.4, 0.5) is 9.18 Å². The summed E-state index contributed by atoms with van der Waals surface area (Å²) in [7, 11) is 0. The number of ether oxygens (including phenoxy) is 1. The Morgan fingerprint density at radius 2 is 1.74 bits per heavy atom. The fraction of sp³-hybridized carbons (Fsp3) is 0.529. The summed E-state index contributed by atoms with van der Waals surface area (Å²) in [4.78, 5) is 27.8. The molecular weight excluding hydrogens is 299 g/mol. The molecule has 0 aliphatic carbocycles. The van der Waals surface area contributed by atoms with Crippen LogP contribution >= 0.6 is 0 Å². The van der Waals surface area contributed by atoms with Crippen molar-refractivity contribution in [3.8, 4) is 0 Å². The highest BCUT2D eigenvalue weighted by molar-refractivity contribution is 5.94. The van der Waals surface area contributed by atoms with Crippen LogP contribution in [0.15, 0.2) is 24.3 Å². The van der Waals surface area contributed by atoms with Gasteiger partial charge in [0.15, 0.2) is 0 Å². The Bertz CT molecular complexity index is 583. The Hall–Kier alpha value is -2.11. The first-order valence-electron chi connectivity index (χ1n) is 7.79. The van der Waals surface area contributed by atoms with E-state index in [4.69, 9.17) is 4.74 Å². The van der Waals surface area contributed by atoms with Gasteiger partial charge >= 0.3 is 6.09 Å². The second-order valence-corrected chi connectivity index (χ2v) is 6.62. The van der Waals surface area contributed by atoms with Crippen molar-refractivity contribution in [3.63, 3.8) is 0 Å². The van der Waals surface area contributed by atoms with Crippen molar-refractivity contribution in [1.29, 1.82) is 0 Å². The first-order chi connectivity index (χ1) is 10.8. The number of carbonyl (C=O) groups is 2. The average Bonchev–Trinajstić information content (AvgIpc) is 2.70. The molecule has 1 aromatic carbocycles. The van der Waals surface area contributed by atoms with E-state index in [1.807, 2.05) is 20.8 Å². The van der Waals surface area contributed by atoms with E-state index in [9.17, 15) is 14.0 Å². The minimum atomic E-state index is -0.541. The van der Waals surface area contributed by atoms with E-state index in [1.165, 1.54) is 18.2 Å². The van der Waals surface area contributed by atoms with Crippen LogP contribution in [0.25, 0.3) is 0 Å². The number of hydrogen-bond donors (Lipinski definition) is 0. The highest BCUT2D eigenvalue weighted by atomic mass is 19.1. The van der Waals surface area contributed by atoms with Gasteiger partial charge in [0.1, 0.15) is 11.4 Å². The highest BCUT2D eigenvalue weighted by Crippen LogP contribution is 2.14. The lowest BCUT2D eigenvalue weighted by atomic mass is 10.2. The third-order valence-corrected chi connectivity index (χ3v) is 3.51. The minimum Gasteiger partial charge on any atom is -0.444 e. The van der Waals surface area contributed by atoms with Gasteiger partial charge in [-0.2, -0.15) is 0 Å². The molecule has 0 atom stereocenters. The molecule has 0 unspecified atom stereocenters. The van der Waals surface area contributed by atoms with Gasteiger partial charge in [0.05, 0.1) is 0 Å². The lowest BCUT2D eigenvalue weighted by Crippen LogP contribution is -2.40. The Balaban J connectivity index is 1.98. The minimum absolute atomic E-state index is 0.212. The summed E-state index contributed by atoms with van der Waals surface area (Å²) < 4.78 is 18.6. The summed E-state index contributed by atoms with van der Waals surface area (Å²) in [5.41, 5.74) is -0.212. The SMILES string of the molecule is CC(C)(C)OC(=O)N1CCCN(C(=O)c2cccc(F)c2)CC1. The first kappa shape index (κ1) is 17.2. The average molecular weight is 322 g/mol. The van der Waals surface area contributed by atoms with Crippen LogP contribution in [-0.2, 0) is 4.74 Å². The molecule has 2 amide bonds. The molecule has 126 valence electrons. The number of halogens is 1. The molecule has 1 aromatic rings. The molecular formula is C17H23FN2O3. The Labute approximate surface area is 136 Å². The second kappa shape index (κ2) is 6.98. The predicted octanol–water partition coefficient (Wildman–Crippen LogP) is 2.91. The number of benzene rings is 1. The van der Waals surface area contributed by atoms with Gasteiger partial charge in [-0.25, -0.2) is 9.18 Å². The van der Waals surface area contributed by atoms with E-state index < -0.39 is 11.4 Å². The number of hydrogen-bond acceptors (Lipinski definition) is 3. The second-order valence-electron chi connectivity index (χ2n) is 6.62. The van der Waals surface area contributed by atoms with Crippen LogP contribution in [0.3, 0.4) is 0 Å². The van der Waals surface area contributed by atoms with E-state index in [2.05, 4.69) is 0 Å². The number of nitrogens with zero attached hydrogens (tertiary/aromatic N) is 2. The van der Waals surface area contributed by atoms with Crippen molar-refractivity contribution >= 4 is 12.0 Å². The molecule has 0 N–H and O–H groups in total. The van der Waals surface area contributed by atoms with E-state index in [-0.39, 0.29) is 12.0 Å². The molecule has 0 saturated carbocycles. The molecule has 1 aliphatic rings. The zero-order chi connectivity index (χ0) is 17.0. The van der Waals surface area contributed by atoms with Crippen LogP contribution in [0.2, 0.25) is 0 Å². The zero-order valence-electron chi connectivity index (χ0n) is 13.8. The Morgan fingerprint density at radius 3 is 2.39 bits per heavy atom. The van der Waals surface area contributed by atoms with Gasteiger partial charge in [-0.3, -0.25) is 4.79 Å². The van der Waals surface area contributed by atoms with Gasteiger partial charge in [0.2, 0.25) is 0 Å². The van der Waals surface area contributed by atoms with Crippen LogP contribution < -0.4 is 0 Å². The maximum Gasteiger partial charge on any atom is 0.410 e. The summed E-state index contributed by atoms with van der Waals surface area (Å²) in [5.74, 6) is -0.642. The van der Waals surface area contributed by atoms with Crippen molar-refractivity contribution in [2.75, 3.05) is 26.2 Å². The van der Waals surface area contributed by atoms with Crippen molar-refractivity contribution in [1.82, 2.24) is 9.80 Å². The smallest absolute Gasteiger partial charge is 0.410 e. The zero-order valence-corrected chi connectivity index (χ0v) is 13.8. The summed E-state index contributed by atoms with van der Waals surface area (Å²) in [6.07, 6.45) is 0.304. The summed E-state index contributed by atoms with van der Waals surface area (Å²) in [6, 6.07) is 5.66. The van der Waals surface area contributed by atoms with Gasteiger partial charge in [0.25, 0.3) is 5.91 Å². The number of amides is 2. The molecule has 6 heteroatoms. The van der Waals surface area contributed by atoms with E-state index >= 15 is 0 Å². The topological polar surface area (TPSA) is 49.9 Å². The fourth-order valence-corrected chi connectivity index (χ4v) is 2.43. The third kappa shape index (κ3) is 4.94. The van der Waals surface area contributed by atoms with Gasteiger partial charge < -0.3 is 14.5 Å². The maximum absolute atomic E-state index is 13.3. The largest absolute Gasteiger partial charge is 0.444 e. The van der Waals surface area contributed by atoms with Gasteiger partial charge in [-0.1, -0.05) is 6.07 Å². The molecule has 0 aromatic heterocycles. The van der Waals surface area contributed by atoms with Crippen molar-refractivity contribution < 1.29 is 18.7 Å². The number of carbonyl (C=O) groups excluding carboxylic acids is 2. The molecule has 1 fully saturated rings. The van der Waals surface area contributed by atoms with Crippen LogP contribution in [0.5, 0.6) is 0 Å². The molecule has 0 radical (unpaired) electrons. The molecule has 0 bridgehead atoms. The molecule has 1 saturated heterocycles. The van der Waals surface area contributed by atoms with Crippen LogP contribution in [0, 0.1) is 5.82 Å². The Kier molecular flexibility index (Phi) is 5.23. The monoisotopic (exact) mass is 322 g/mol. The lowest BCUT2D eigenvalue weighted by molar-refractivity contribution is 0.0255. The molecule has 1 aliphatic heterocycles. The molecule has 23 heavy (non-hydrogen) atoms. The predicted molar refractivity (Wildman–Crippen MR) is 84.7 cm³/mol. The summed E-state index contributed by atoms with van der Waals surface area (Å²) in [5, 5.41) is 0. The van der Waals surface area contributed by atoms with E-state index in [0.29, 0.717) is 38.2 Å². The van der Waals surface area contributed by atoms with E-state index in [0.717, 1.165) is 0 Å². The quantitative estimate of drug-likeness (QED) is 0.799. The van der Waals surface area contributed by atoms with E-state index in [1.54, 1.807) is 15.9 Å². The van der Waals surface area contributed by atoms with Gasteiger partial charge in [0, 0.05) is 31.7 Å². The normalized spacial score (nSPS) is 16.0. The van der Waals surface area contributed by atoms with Gasteiger partial charge in [-0.15, -0.1) is 0 Å². The van der Waals surface area contributed by atoms with Crippen LogP contribution in [0.1, 0.15) is 37.6 Å². The lowest BCUT2D eigenvalue weighted by Gasteiger charge is -2.26. The van der Waals surface area contributed by atoms with Crippen molar-refractivity contribution in [3.05, 3.63) is 35.6 Å².